The number of piperidine rings is 1. The largest absolute Gasteiger partial charge is 0.337 e. The van der Waals surface area contributed by atoms with Gasteiger partial charge in [0.1, 0.15) is 0 Å². The zero-order valence-electron chi connectivity index (χ0n) is 14.5. The van der Waals surface area contributed by atoms with Crippen molar-refractivity contribution in [2.24, 2.45) is 5.92 Å². The molecule has 1 saturated heterocycles. The van der Waals surface area contributed by atoms with Crippen molar-refractivity contribution >= 4 is 23.1 Å². The van der Waals surface area contributed by atoms with E-state index in [9.17, 15) is 4.79 Å². The first-order valence-electron chi connectivity index (χ1n) is 9.17. The van der Waals surface area contributed by atoms with E-state index in [4.69, 9.17) is 0 Å². The number of hydrogen-bond donors (Lipinski definition) is 1. The average molecular weight is 356 g/mol. The normalized spacial score (nSPS) is 20.5. The van der Waals surface area contributed by atoms with E-state index in [-0.39, 0.29) is 6.03 Å². The van der Waals surface area contributed by atoms with Crippen LogP contribution in [0.2, 0.25) is 0 Å². The topological polar surface area (TPSA) is 35.6 Å². The van der Waals surface area contributed by atoms with E-state index >= 15 is 0 Å². The molecule has 132 valence electrons. The molecule has 0 spiro atoms. The Morgan fingerprint density at radius 1 is 1.20 bits per heavy atom. The van der Waals surface area contributed by atoms with Crippen LogP contribution in [-0.2, 0) is 13.0 Å². The number of amides is 2. The van der Waals surface area contributed by atoms with Crippen molar-refractivity contribution in [1.82, 2.24) is 10.2 Å². The molecule has 4 nitrogen and oxygen atoms in total. The lowest BCUT2D eigenvalue weighted by atomic mass is 9.98. The lowest BCUT2D eigenvalue weighted by Gasteiger charge is -2.32. The van der Waals surface area contributed by atoms with Gasteiger partial charge in [0.2, 0.25) is 0 Å². The van der Waals surface area contributed by atoms with Crippen molar-refractivity contribution in [3.05, 3.63) is 52.2 Å². The molecule has 2 aliphatic heterocycles. The zero-order valence-corrected chi connectivity index (χ0v) is 15.3. The molecule has 25 heavy (non-hydrogen) atoms. The predicted molar refractivity (Wildman–Crippen MR) is 103 cm³/mol. The van der Waals surface area contributed by atoms with E-state index in [1.807, 2.05) is 34.4 Å². The van der Waals surface area contributed by atoms with Crippen LogP contribution >= 0.6 is 11.3 Å². The van der Waals surface area contributed by atoms with E-state index in [1.165, 1.54) is 29.8 Å². The van der Waals surface area contributed by atoms with Gasteiger partial charge in [-0.2, -0.15) is 0 Å². The van der Waals surface area contributed by atoms with Crippen LogP contribution in [-0.4, -0.2) is 37.1 Å². The van der Waals surface area contributed by atoms with E-state index in [1.54, 1.807) is 0 Å². The summed E-state index contributed by atoms with van der Waals surface area (Å²) < 4.78 is 0. The van der Waals surface area contributed by atoms with Gasteiger partial charge in [0, 0.05) is 36.7 Å². The Kier molecular flexibility index (Phi) is 5.04. The molecule has 1 aromatic carbocycles. The van der Waals surface area contributed by atoms with Gasteiger partial charge in [-0.05, 0) is 54.8 Å². The highest BCUT2D eigenvalue weighted by Crippen LogP contribution is 2.27. The number of nitrogens with one attached hydrogen (secondary N) is 1. The third kappa shape index (κ3) is 3.88. The van der Waals surface area contributed by atoms with Gasteiger partial charge in [-0.1, -0.05) is 24.3 Å². The Morgan fingerprint density at radius 3 is 3.00 bits per heavy atom. The first-order valence-corrected chi connectivity index (χ1v) is 10.1. The first kappa shape index (κ1) is 16.6. The molecule has 0 aliphatic carbocycles. The van der Waals surface area contributed by atoms with Gasteiger partial charge < -0.3 is 5.32 Å². The van der Waals surface area contributed by atoms with E-state index in [0.717, 1.165) is 38.3 Å². The summed E-state index contributed by atoms with van der Waals surface area (Å²) in [4.78, 5) is 18.4. The van der Waals surface area contributed by atoms with Crippen molar-refractivity contribution in [1.29, 1.82) is 0 Å². The number of rotatable bonds is 4. The molecule has 1 unspecified atom stereocenters. The standard InChI is InChI=1S/C20H25N3OS/c24-20(23-11-9-17-6-1-2-8-19(17)23)21-13-16-5-3-10-22(14-16)15-18-7-4-12-25-18/h1-2,4,6-8,12,16H,3,5,9-11,13-15H2,(H,21,24). The van der Waals surface area contributed by atoms with E-state index in [2.05, 4.69) is 33.8 Å². The van der Waals surface area contributed by atoms with Gasteiger partial charge in [0.05, 0.1) is 0 Å². The van der Waals surface area contributed by atoms with Crippen molar-refractivity contribution in [2.75, 3.05) is 31.1 Å². The average Bonchev–Trinajstić information content (AvgIpc) is 3.29. The highest BCUT2D eigenvalue weighted by atomic mass is 32.1. The molecular weight excluding hydrogens is 330 g/mol. The fourth-order valence-electron chi connectivity index (χ4n) is 3.96. The fraction of sp³-hybridized carbons (Fsp3) is 0.450. The second-order valence-electron chi connectivity index (χ2n) is 7.04. The number of thiophene rings is 1. The Morgan fingerprint density at radius 2 is 2.12 bits per heavy atom. The zero-order chi connectivity index (χ0) is 17.1. The van der Waals surface area contributed by atoms with Crippen molar-refractivity contribution in [3.63, 3.8) is 0 Å². The van der Waals surface area contributed by atoms with Crippen LogP contribution in [0.5, 0.6) is 0 Å². The molecule has 0 bridgehead atoms. The molecule has 5 heteroatoms. The molecule has 2 amide bonds. The minimum Gasteiger partial charge on any atom is -0.337 e. The lowest BCUT2D eigenvalue weighted by Crippen LogP contribution is -2.44. The minimum atomic E-state index is 0.0559. The Labute approximate surface area is 153 Å². The van der Waals surface area contributed by atoms with Crippen LogP contribution in [0.1, 0.15) is 23.3 Å². The molecule has 1 atom stereocenters. The number of urea groups is 1. The summed E-state index contributed by atoms with van der Waals surface area (Å²) in [6.07, 6.45) is 3.39. The smallest absolute Gasteiger partial charge is 0.321 e. The first-order chi connectivity index (χ1) is 12.3. The Bertz CT molecular complexity index is 715. The van der Waals surface area contributed by atoms with E-state index < -0.39 is 0 Å². The number of likely N-dealkylation sites (tertiary alicyclic amines) is 1. The van der Waals surface area contributed by atoms with Gasteiger partial charge >= 0.3 is 6.03 Å². The molecule has 2 aromatic rings. The molecular formula is C20H25N3OS. The van der Waals surface area contributed by atoms with Gasteiger partial charge in [-0.25, -0.2) is 4.79 Å². The maximum Gasteiger partial charge on any atom is 0.321 e. The molecule has 1 fully saturated rings. The molecule has 1 N–H and O–H groups in total. The SMILES string of the molecule is O=C(NCC1CCCN(Cc2cccs2)C1)N1CCc2ccccc21. The van der Waals surface area contributed by atoms with Crippen molar-refractivity contribution < 1.29 is 4.79 Å². The van der Waals surface area contributed by atoms with Gasteiger partial charge in [-0.15, -0.1) is 11.3 Å². The molecule has 4 rings (SSSR count). The number of fused-ring (bicyclic) bond motifs is 1. The second kappa shape index (κ2) is 7.58. The molecule has 3 heterocycles. The number of hydrogen-bond acceptors (Lipinski definition) is 3. The number of benzene rings is 1. The number of nitrogens with zero attached hydrogens (tertiary/aromatic N) is 2. The van der Waals surface area contributed by atoms with Crippen LogP contribution in [0, 0.1) is 5.92 Å². The maximum atomic E-state index is 12.6. The van der Waals surface area contributed by atoms with Crippen molar-refractivity contribution in [2.45, 2.75) is 25.8 Å². The van der Waals surface area contributed by atoms with Crippen LogP contribution < -0.4 is 10.2 Å². The summed E-state index contributed by atoms with van der Waals surface area (Å²) in [5.41, 5.74) is 2.35. The monoisotopic (exact) mass is 355 g/mol. The number of para-hydroxylation sites is 1. The fourth-order valence-corrected chi connectivity index (χ4v) is 4.71. The lowest BCUT2D eigenvalue weighted by molar-refractivity contribution is 0.167. The van der Waals surface area contributed by atoms with Gasteiger partial charge in [0.25, 0.3) is 0 Å². The Hall–Kier alpha value is -1.85. The van der Waals surface area contributed by atoms with Crippen LogP contribution in [0.25, 0.3) is 0 Å². The van der Waals surface area contributed by atoms with Crippen LogP contribution in [0.4, 0.5) is 10.5 Å². The maximum absolute atomic E-state index is 12.6. The minimum absolute atomic E-state index is 0.0559. The second-order valence-corrected chi connectivity index (χ2v) is 8.07. The summed E-state index contributed by atoms with van der Waals surface area (Å²) in [5.74, 6) is 0.551. The predicted octanol–water partition coefficient (Wildman–Crippen LogP) is 3.73. The summed E-state index contributed by atoms with van der Waals surface area (Å²) in [6, 6.07) is 12.6. The van der Waals surface area contributed by atoms with Crippen molar-refractivity contribution in [3.8, 4) is 0 Å². The summed E-state index contributed by atoms with van der Waals surface area (Å²) in [5, 5.41) is 5.32. The van der Waals surface area contributed by atoms with Crippen LogP contribution in [0.15, 0.2) is 41.8 Å². The highest BCUT2D eigenvalue weighted by molar-refractivity contribution is 7.09. The quantitative estimate of drug-likeness (QED) is 0.907. The summed E-state index contributed by atoms with van der Waals surface area (Å²) >= 11 is 1.83. The molecule has 2 aliphatic rings. The number of anilines is 1. The van der Waals surface area contributed by atoms with Gasteiger partial charge in [-0.3, -0.25) is 9.80 Å². The summed E-state index contributed by atoms with van der Waals surface area (Å²) in [7, 11) is 0. The van der Waals surface area contributed by atoms with Gasteiger partial charge in [0.15, 0.2) is 0 Å². The van der Waals surface area contributed by atoms with E-state index in [0.29, 0.717) is 5.92 Å². The summed E-state index contributed by atoms with van der Waals surface area (Å²) in [6.45, 7) is 4.86. The number of carbonyl (C=O) groups is 1. The highest BCUT2D eigenvalue weighted by Gasteiger charge is 2.26. The molecule has 1 aromatic heterocycles. The number of carbonyl (C=O) groups excluding carboxylic acids is 1. The van der Waals surface area contributed by atoms with Crippen LogP contribution in [0.3, 0.4) is 0 Å². The molecule has 0 radical (unpaired) electrons. The third-order valence-electron chi connectivity index (χ3n) is 5.24. The third-order valence-corrected chi connectivity index (χ3v) is 6.10. The Balaban J connectivity index is 1.29. The molecule has 0 saturated carbocycles.